The zero-order valence-electron chi connectivity index (χ0n) is 14.0. The molecule has 1 heterocycles. The van der Waals surface area contributed by atoms with E-state index in [0.717, 1.165) is 17.9 Å². The molecule has 2 atom stereocenters. The molecule has 1 amide bonds. The second-order valence-corrected chi connectivity index (χ2v) is 5.77. The smallest absolute Gasteiger partial charge is 0.237 e. The molecule has 0 saturated carbocycles. The highest BCUT2D eigenvalue weighted by molar-refractivity contribution is 5.85. The van der Waals surface area contributed by atoms with Crippen molar-refractivity contribution in [3.05, 3.63) is 54.1 Å². The van der Waals surface area contributed by atoms with Gasteiger partial charge in [-0.25, -0.2) is 4.98 Å². The van der Waals surface area contributed by atoms with Gasteiger partial charge in [-0.3, -0.25) is 4.79 Å². The monoisotopic (exact) mass is 372 g/mol. The Hall–Kier alpha value is -1.56. The molecule has 0 aliphatic carbocycles. The van der Waals surface area contributed by atoms with E-state index in [-0.39, 0.29) is 30.7 Å². The molecule has 1 aromatic heterocycles. The molecule has 134 valence electrons. The summed E-state index contributed by atoms with van der Waals surface area (Å²) < 4.78 is 2.08. The fourth-order valence-electron chi connectivity index (χ4n) is 2.36. The van der Waals surface area contributed by atoms with E-state index < -0.39 is 6.04 Å². The molecule has 0 aliphatic heterocycles. The van der Waals surface area contributed by atoms with Crippen LogP contribution in [0, 0.1) is 12.8 Å². The predicted octanol–water partition coefficient (Wildman–Crippen LogP) is 2.36. The van der Waals surface area contributed by atoms with Gasteiger partial charge in [0.05, 0.1) is 6.04 Å². The summed E-state index contributed by atoms with van der Waals surface area (Å²) in [5.41, 5.74) is 7.04. The summed E-state index contributed by atoms with van der Waals surface area (Å²) >= 11 is 0. The van der Waals surface area contributed by atoms with Gasteiger partial charge in [0.2, 0.25) is 5.91 Å². The van der Waals surface area contributed by atoms with Crippen molar-refractivity contribution < 1.29 is 4.79 Å². The molecule has 0 saturated heterocycles. The SMILES string of the molecule is Cc1nccn1CC(C)CNC(=O)C(N)Cc1ccccc1.Cl.Cl. The molecule has 7 heteroatoms. The minimum absolute atomic E-state index is 0. The van der Waals surface area contributed by atoms with E-state index in [4.69, 9.17) is 5.73 Å². The van der Waals surface area contributed by atoms with Crippen LogP contribution in [0.1, 0.15) is 18.3 Å². The molecular weight excluding hydrogens is 347 g/mol. The molecule has 0 spiro atoms. The van der Waals surface area contributed by atoms with Gasteiger partial charge in [-0.2, -0.15) is 0 Å². The van der Waals surface area contributed by atoms with Crippen molar-refractivity contribution in [2.45, 2.75) is 32.9 Å². The number of nitrogens with zero attached hydrogens (tertiary/aromatic N) is 2. The number of carbonyl (C=O) groups excluding carboxylic acids is 1. The Morgan fingerprint density at radius 2 is 1.96 bits per heavy atom. The highest BCUT2D eigenvalue weighted by atomic mass is 35.5. The Morgan fingerprint density at radius 3 is 2.54 bits per heavy atom. The van der Waals surface area contributed by atoms with Crippen molar-refractivity contribution >= 4 is 30.7 Å². The van der Waals surface area contributed by atoms with Crippen LogP contribution in [0.5, 0.6) is 0 Å². The van der Waals surface area contributed by atoms with E-state index in [9.17, 15) is 4.79 Å². The van der Waals surface area contributed by atoms with Crippen LogP contribution in [0.4, 0.5) is 0 Å². The van der Waals surface area contributed by atoms with Gasteiger partial charge in [0.1, 0.15) is 5.82 Å². The number of halogens is 2. The van der Waals surface area contributed by atoms with E-state index >= 15 is 0 Å². The number of hydrogen-bond acceptors (Lipinski definition) is 3. The number of aromatic nitrogens is 2. The van der Waals surface area contributed by atoms with E-state index in [1.807, 2.05) is 43.5 Å². The molecule has 2 rings (SSSR count). The minimum Gasteiger partial charge on any atom is -0.354 e. The number of nitrogens with one attached hydrogen (secondary N) is 1. The first-order chi connectivity index (χ1) is 10.6. The van der Waals surface area contributed by atoms with Gasteiger partial charge >= 0.3 is 0 Å². The van der Waals surface area contributed by atoms with Gasteiger partial charge in [0.25, 0.3) is 0 Å². The lowest BCUT2D eigenvalue weighted by atomic mass is 10.1. The first-order valence-corrected chi connectivity index (χ1v) is 7.61. The summed E-state index contributed by atoms with van der Waals surface area (Å²) in [7, 11) is 0. The van der Waals surface area contributed by atoms with Gasteiger partial charge < -0.3 is 15.6 Å². The average molecular weight is 373 g/mol. The average Bonchev–Trinajstić information content (AvgIpc) is 2.91. The lowest BCUT2D eigenvalue weighted by molar-refractivity contribution is -0.122. The molecule has 0 fully saturated rings. The Balaban J connectivity index is 0.00000264. The molecule has 2 aromatic rings. The largest absolute Gasteiger partial charge is 0.354 e. The van der Waals surface area contributed by atoms with E-state index in [1.54, 1.807) is 6.20 Å². The summed E-state index contributed by atoms with van der Waals surface area (Å²) in [6.45, 7) is 5.52. The van der Waals surface area contributed by atoms with Crippen LogP contribution in [-0.2, 0) is 17.8 Å². The van der Waals surface area contributed by atoms with Gasteiger partial charge in [0, 0.05) is 25.5 Å². The fraction of sp³-hybridized carbons (Fsp3) is 0.412. The standard InChI is InChI=1S/C17H24N4O.2ClH/c1-13(12-21-9-8-19-14(21)2)11-20-17(22)16(18)10-15-6-4-3-5-7-15;;/h3-9,13,16H,10-12,18H2,1-2H3,(H,20,22);2*1H. The minimum atomic E-state index is -0.510. The van der Waals surface area contributed by atoms with Crippen LogP contribution >= 0.6 is 24.8 Å². The first kappa shape index (κ1) is 22.4. The maximum atomic E-state index is 12.1. The van der Waals surface area contributed by atoms with Crippen LogP contribution in [0.15, 0.2) is 42.7 Å². The summed E-state index contributed by atoms with van der Waals surface area (Å²) in [6.07, 6.45) is 4.30. The zero-order valence-corrected chi connectivity index (χ0v) is 15.6. The van der Waals surface area contributed by atoms with Crippen LogP contribution < -0.4 is 11.1 Å². The number of carbonyl (C=O) groups is 1. The summed E-state index contributed by atoms with van der Waals surface area (Å²) in [6, 6.07) is 9.32. The lowest BCUT2D eigenvalue weighted by Gasteiger charge is -2.17. The second kappa shape index (κ2) is 11.1. The van der Waals surface area contributed by atoms with Gasteiger partial charge in [-0.1, -0.05) is 37.3 Å². The molecule has 0 aliphatic rings. The number of amides is 1. The number of hydrogen-bond donors (Lipinski definition) is 2. The van der Waals surface area contributed by atoms with Crippen molar-refractivity contribution in [1.29, 1.82) is 0 Å². The van der Waals surface area contributed by atoms with E-state index in [0.29, 0.717) is 18.9 Å². The maximum absolute atomic E-state index is 12.1. The predicted molar refractivity (Wildman–Crippen MR) is 102 cm³/mol. The number of aryl methyl sites for hydroxylation is 1. The number of imidazole rings is 1. The third kappa shape index (κ3) is 6.91. The molecule has 24 heavy (non-hydrogen) atoms. The molecule has 3 N–H and O–H groups in total. The number of nitrogens with two attached hydrogens (primary N) is 1. The summed E-state index contributed by atoms with van der Waals surface area (Å²) in [5, 5.41) is 2.94. The molecule has 5 nitrogen and oxygen atoms in total. The maximum Gasteiger partial charge on any atom is 0.237 e. The van der Waals surface area contributed by atoms with Crippen molar-refractivity contribution in [2.24, 2.45) is 11.7 Å². The van der Waals surface area contributed by atoms with Gasteiger partial charge in [-0.05, 0) is 24.8 Å². The third-order valence-electron chi connectivity index (χ3n) is 3.69. The topological polar surface area (TPSA) is 72.9 Å². The number of rotatable bonds is 7. The molecule has 0 radical (unpaired) electrons. The molecule has 1 aromatic carbocycles. The van der Waals surface area contributed by atoms with Crippen molar-refractivity contribution in [3.63, 3.8) is 0 Å². The fourth-order valence-corrected chi connectivity index (χ4v) is 2.36. The van der Waals surface area contributed by atoms with E-state index in [2.05, 4.69) is 21.8 Å². The molecule has 0 bridgehead atoms. The van der Waals surface area contributed by atoms with E-state index in [1.165, 1.54) is 0 Å². The summed E-state index contributed by atoms with van der Waals surface area (Å²) in [4.78, 5) is 16.3. The Kier molecular flexibility index (Phi) is 10.4. The highest BCUT2D eigenvalue weighted by Gasteiger charge is 2.15. The first-order valence-electron chi connectivity index (χ1n) is 7.61. The third-order valence-corrected chi connectivity index (χ3v) is 3.69. The quantitative estimate of drug-likeness (QED) is 0.783. The van der Waals surface area contributed by atoms with Crippen molar-refractivity contribution in [3.8, 4) is 0 Å². The van der Waals surface area contributed by atoms with Crippen LogP contribution in [0.25, 0.3) is 0 Å². The molecule has 2 unspecified atom stereocenters. The van der Waals surface area contributed by atoms with Crippen molar-refractivity contribution in [1.82, 2.24) is 14.9 Å². The van der Waals surface area contributed by atoms with Gasteiger partial charge in [-0.15, -0.1) is 24.8 Å². The lowest BCUT2D eigenvalue weighted by Crippen LogP contribution is -2.43. The summed E-state index contributed by atoms with van der Waals surface area (Å²) in [5.74, 6) is 1.21. The van der Waals surface area contributed by atoms with Crippen LogP contribution in [0.3, 0.4) is 0 Å². The normalized spacial score (nSPS) is 12.5. The highest BCUT2D eigenvalue weighted by Crippen LogP contribution is 2.04. The van der Waals surface area contributed by atoms with Crippen LogP contribution in [-0.4, -0.2) is 28.0 Å². The Morgan fingerprint density at radius 1 is 1.29 bits per heavy atom. The Labute approximate surface area is 155 Å². The van der Waals surface area contributed by atoms with Crippen molar-refractivity contribution in [2.75, 3.05) is 6.54 Å². The molecular formula is C17H26Cl2N4O. The zero-order chi connectivity index (χ0) is 15.9. The second-order valence-electron chi connectivity index (χ2n) is 5.77. The number of benzene rings is 1. The van der Waals surface area contributed by atoms with Crippen LogP contribution in [0.2, 0.25) is 0 Å². The van der Waals surface area contributed by atoms with Gasteiger partial charge in [0.15, 0.2) is 0 Å². The Bertz CT molecular complexity index is 604.